The van der Waals surface area contributed by atoms with E-state index in [9.17, 15) is 4.79 Å². The monoisotopic (exact) mass is 505 g/mol. The molecule has 5 rings (SSSR count). The molecule has 3 aromatic rings. The van der Waals surface area contributed by atoms with E-state index in [4.69, 9.17) is 5.26 Å². The van der Waals surface area contributed by atoms with Crippen LogP contribution in [0.5, 0.6) is 0 Å². The largest absolute Gasteiger partial charge is 0.350 e. The summed E-state index contributed by atoms with van der Waals surface area (Å²) in [4.78, 5) is 23.7. The van der Waals surface area contributed by atoms with E-state index >= 15 is 0 Å². The molecule has 0 saturated heterocycles. The van der Waals surface area contributed by atoms with E-state index in [0.717, 1.165) is 68.1 Å². The van der Waals surface area contributed by atoms with Gasteiger partial charge < -0.3 is 10.2 Å². The van der Waals surface area contributed by atoms with Gasteiger partial charge in [0.1, 0.15) is 0 Å². The summed E-state index contributed by atoms with van der Waals surface area (Å²) in [6.07, 6.45) is 16.6. The van der Waals surface area contributed by atoms with Crippen molar-refractivity contribution in [1.29, 1.82) is 5.26 Å². The number of carbonyl (C=O) groups excluding carboxylic acids is 1. The number of amides is 1. The van der Waals surface area contributed by atoms with Crippen molar-refractivity contribution in [3.63, 3.8) is 0 Å². The molecule has 0 atom stereocenters. The fourth-order valence-electron chi connectivity index (χ4n) is 5.65. The van der Waals surface area contributed by atoms with Gasteiger partial charge in [-0.25, -0.2) is 0 Å². The van der Waals surface area contributed by atoms with E-state index in [1.807, 2.05) is 18.3 Å². The third kappa shape index (κ3) is 6.93. The Kier molecular flexibility index (Phi) is 8.57. The third-order valence-electron chi connectivity index (χ3n) is 7.97. The zero-order chi connectivity index (χ0) is 26.2. The molecule has 194 valence electrons. The first-order valence-electron chi connectivity index (χ1n) is 13.8. The van der Waals surface area contributed by atoms with Crippen molar-refractivity contribution in [2.45, 2.75) is 51.0 Å². The molecular formula is C32H35N5O. The lowest BCUT2D eigenvalue weighted by molar-refractivity contribution is -0.117. The van der Waals surface area contributed by atoms with Crippen LogP contribution in [0.4, 0.5) is 0 Å². The minimum Gasteiger partial charge on any atom is -0.350 e. The Hall–Kier alpha value is -3.82. The van der Waals surface area contributed by atoms with E-state index in [1.54, 1.807) is 36.7 Å². The van der Waals surface area contributed by atoms with Gasteiger partial charge in [0.15, 0.2) is 0 Å². The molecule has 0 spiro atoms. The van der Waals surface area contributed by atoms with Crippen LogP contribution in [0.2, 0.25) is 0 Å². The van der Waals surface area contributed by atoms with Crippen LogP contribution < -0.4 is 5.32 Å². The highest BCUT2D eigenvalue weighted by Crippen LogP contribution is 2.28. The molecule has 2 aromatic carbocycles. The van der Waals surface area contributed by atoms with Crippen LogP contribution >= 0.6 is 0 Å². The number of nitrogens with one attached hydrogen (secondary N) is 1. The van der Waals surface area contributed by atoms with Crippen LogP contribution in [0.25, 0.3) is 17.3 Å². The molecule has 0 bridgehead atoms. The van der Waals surface area contributed by atoms with Crippen LogP contribution in [0.3, 0.4) is 0 Å². The molecule has 1 aliphatic carbocycles. The maximum Gasteiger partial charge on any atom is 0.244 e. The lowest BCUT2D eigenvalue weighted by Gasteiger charge is -2.30. The molecule has 2 heterocycles. The van der Waals surface area contributed by atoms with Gasteiger partial charge in [0, 0.05) is 43.2 Å². The van der Waals surface area contributed by atoms with Gasteiger partial charge in [-0.1, -0.05) is 24.3 Å². The van der Waals surface area contributed by atoms with Gasteiger partial charge in [0.05, 0.1) is 23.5 Å². The molecule has 0 unspecified atom stereocenters. The molecule has 1 aromatic heterocycles. The normalized spacial score (nSPS) is 19.9. The molecule has 1 saturated carbocycles. The Balaban J connectivity index is 1.03. The van der Waals surface area contributed by atoms with Crippen molar-refractivity contribution in [3.8, 4) is 17.3 Å². The first kappa shape index (κ1) is 25.8. The molecule has 1 aliphatic heterocycles. The Labute approximate surface area is 225 Å². The fourth-order valence-corrected chi connectivity index (χ4v) is 5.65. The predicted molar refractivity (Wildman–Crippen MR) is 150 cm³/mol. The average molecular weight is 506 g/mol. The number of fused-ring (bicyclic) bond motifs is 1. The smallest absolute Gasteiger partial charge is 0.244 e. The molecule has 1 N–H and O–H groups in total. The second-order valence-corrected chi connectivity index (χ2v) is 10.5. The number of nitrogens with zero attached hydrogens (tertiary/aromatic N) is 4. The molecule has 6 heteroatoms. The van der Waals surface area contributed by atoms with Crippen molar-refractivity contribution < 1.29 is 4.79 Å². The lowest BCUT2D eigenvalue weighted by atomic mass is 9.84. The van der Waals surface area contributed by atoms with Crippen LogP contribution in [0.1, 0.15) is 54.4 Å². The minimum absolute atomic E-state index is 0.0376. The molecule has 1 amide bonds. The third-order valence-corrected chi connectivity index (χ3v) is 7.97. The summed E-state index contributed by atoms with van der Waals surface area (Å²) >= 11 is 0. The minimum atomic E-state index is -0.0376. The summed E-state index contributed by atoms with van der Waals surface area (Å²) in [6.45, 7) is 3.38. The van der Waals surface area contributed by atoms with E-state index in [2.05, 4.69) is 44.5 Å². The Morgan fingerprint density at radius 3 is 2.55 bits per heavy atom. The van der Waals surface area contributed by atoms with E-state index in [1.165, 1.54) is 30.4 Å². The van der Waals surface area contributed by atoms with E-state index in [0.29, 0.717) is 5.56 Å². The summed E-state index contributed by atoms with van der Waals surface area (Å²) in [5.41, 5.74) is 6.54. The second kappa shape index (κ2) is 12.6. The number of carbonyl (C=O) groups is 1. The van der Waals surface area contributed by atoms with Crippen molar-refractivity contribution in [2.24, 2.45) is 5.92 Å². The molecular weight excluding hydrogens is 470 g/mol. The first-order valence-corrected chi connectivity index (χ1v) is 13.8. The van der Waals surface area contributed by atoms with Crippen molar-refractivity contribution in [1.82, 2.24) is 20.2 Å². The van der Waals surface area contributed by atoms with Gasteiger partial charge in [0.2, 0.25) is 5.91 Å². The lowest BCUT2D eigenvalue weighted by Crippen LogP contribution is -2.37. The SMILES string of the molecule is N#Cc1ccc(/C=C/C(=O)NC2CCC(CCN3CCc4ccc(-c5cnccn5)cc4CC3)CC2)cc1. The Morgan fingerprint density at radius 2 is 1.82 bits per heavy atom. The maximum absolute atomic E-state index is 12.4. The van der Waals surface area contributed by atoms with E-state index in [-0.39, 0.29) is 11.9 Å². The van der Waals surface area contributed by atoms with Gasteiger partial charge in [-0.2, -0.15) is 5.26 Å². The average Bonchev–Trinajstić information content (AvgIpc) is 3.18. The standard InChI is InChI=1S/C32H35N5O/c33-22-26-3-1-24(2-4-26)7-12-32(38)36-30-10-5-25(6-11-30)13-18-37-19-14-27-8-9-29(21-28(27)15-20-37)31-23-34-16-17-35-31/h1-4,7-9,12,16-17,21,23,25,30H,5-6,10-11,13-15,18-20H2,(H,36,38)/b12-7+. The molecule has 6 nitrogen and oxygen atoms in total. The second-order valence-electron chi connectivity index (χ2n) is 10.5. The molecule has 38 heavy (non-hydrogen) atoms. The molecule has 0 radical (unpaired) electrons. The number of hydrogen-bond acceptors (Lipinski definition) is 5. The fraction of sp³-hybridized carbons (Fsp3) is 0.375. The van der Waals surface area contributed by atoms with E-state index < -0.39 is 0 Å². The Morgan fingerprint density at radius 1 is 1.03 bits per heavy atom. The number of rotatable bonds is 7. The van der Waals surface area contributed by atoms with Crippen LogP contribution in [-0.2, 0) is 17.6 Å². The maximum atomic E-state index is 12.4. The van der Waals surface area contributed by atoms with Crippen molar-refractivity contribution in [3.05, 3.63) is 89.4 Å². The number of hydrogen-bond donors (Lipinski definition) is 1. The number of benzene rings is 2. The van der Waals surface area contributed by atoms with Gasteiger partial charge >= 0.3 is 0 Å². The molecule has 1 fully saturated rings. The highest BCUT2D eigenvalue weighted by Gasteiger charge is 2.23. The molecule has 2 aliphatic rings. The van der Waals surface area contributed by atoms with Gasteiger partial charge in [-0.15, -0.1) is 0 Å². The van der Waals surface area contributed by atoms with Crippen LogP contribution in [-0.4, -0.2) is 46.5 Å². The highest BCUT2D eigenvalue weighted by atomic mass is 16.1. The zero-order valence-corrected chi connectivity index (χ0v) is 21.9. The van der Waals surface area contributed by atoms with Gasteiger partial charge in [-0.05, 0) is 98.4 Å². The van der Waals surface area contributed by atoms with Crippen LogP contribution in [0.15, 0.2) is 67.1 Å². The number of nitriles is 1. The quantitative estimate of drug-likeness (QED) is 0.447. The predicted octanol–water partition coefficient (Wildman–Crippen LogP) is 5.19. The first-order chi connectivity index (χ1) is 18.7. The van der Waals surface area contributed by atoms with Gasteiger partial charge in [-0.3, -0.25) is 14.8 Å². The topological polar surface area (TPSA) is 81.9 Å². The zero-order valence-electron chi connectivity index (χ0n) is 21.9. The summed E-state index contributed by atoms with van der Waals surface area (Å²) in [5.74, 6) is 0.704. The highest BCUT2D eigenvalue weighted by molar-refractivity contribution is 5.91. The van der Waals surface area contributed by atoms with Crippen molar-refractivity contribution in [2.75, 3.05) is 19.6 Å². The summed E-state index contributed by atoms with van der Waals surface area (Å²) < 4.78 is 0. The Bertz CT molecular complexity index is 1290. The van der Waals surface area contributed by atoms with Crippen LogP contribution in [0, 0.1) is 17.2 Å². The number of aromatic nitrogens is 2. The van der Waals surface area contributed by atoms with Gasteiger partial charge in [0.25, 0.3) is 0 Å². The summed E-state index contributed by atoms with van der Waals surface area (Å²) in [7, 11) is 0. The van der Waals surface area contributed by atoms with Crippen molar-refractivity contribution >= 4 is 12.0 Å². The summed E-state index contributed by atoms with van der Waals surface area (Å²) in [5, 5.41) is 12.1. The summed E-state index contributed by atoms with van der Waals surface area (Å²) in [6, 6.07) is 16.4.